The summed E-state index contributed by atoms with van der Waals surface area (Å²) in [5.41, 5.74) is -1.81. The number of rotatable bonds is 5. The molecule has 2 aliphatic rings. The van der Waals surface area contributed by atoms with Crippen LogP contribution in [0.5, 0.6) is 0 Å². The highest BCUT2D eigenvalue weighted by Crippen LogP contribution is 2.37. The lowest BCUT2D eigenvalue weighted by atomic mass is 9.96. The van der Waals surface area contributed by atoms with Crippen molar-refractivity contribution in [3.63, 3.8) is 0 Å². The van der Waals surface area contributed by atoms with Gasteiger partial charge in [0.05, 0.1) is 28.7 Å². The molecule has 2 aliphatic heterocycles. The van der Waals surface area contributed by atoms with Crippen molar-refractivity contribution >= 4 is 28.8 Å². The van der Waals surface area contributed by atoms with Gasteiger partial charge in [0.15, 0.2) is 0 Å². The number of hydrogen-bond acceptors (Lipinski definition) is 7. The fraction of sp³-hybridized carbons (Fsp3) is 0.367. The molecule has 2 aromatic heterocycles. The third kappa shape index (κ3) is 6.34. The molecule has 10 nitrogen and oxygen atoms in total. The van der Waals surface area contributed by atoms with Crippen molar-refractivity contribution in [1.29, 1.82) is 0 Å². The van der Waals surface area contributed by atoms with Crippen molar-refractivity contribution in [2.45, 2.75) is 38.5 Å². The Hall–Kier alpha value is -4.59. The zero-order chi connectivity index (χ0) is 31.8. The number of amides is 2. The van der Waals surface area contributed by atoms with Crippen molar-refractivity contribution in [3.8, 4) is 0 Å². The predicted octanol–water partition coefficient (Wildman–Crippen LogP) is 4.03. The van der Waals surface area contributed by atoms with E-state index in [1.165, 1.54) is 30.7 Å². The zero-order valence-electron chi connectivity index (χ0n) is 24.3. The highest BCUT2D eigenvalue weighted by Gasteiger charge is 2.36. The first-order chi connectivity index (χ1) is 20.8. The molecule has 4 heterocycles. The number of likely N-dealkylation sites (N-methyl/N-ethyl adjacent to an activating group) is 1. The molecular formula is C30H31F4N7O3. The Morgan fingerprint density at radius 2 is 1.82 bits per heavy atom. The second-order valence-corrected chi connectivity index (χ2v) is 11.0. The van der Waals surface area contributed by atoms with Gasteiger partial charge in [0, 0.05) is 68.5 Å². The monoisotopic (exact) mass is 613 g/mol. The van der Waals surface area contributed by atoms with Gasteiger partial charge < -0.3 is 20.1 Å². The number of anilines is 2. The predicted molar refractivity (Wildman–Crippen MR) is 156 cm³/mol. The van der Waals surface area contributed by atoms with E-state index in [4.69, 9.17) is 0 Å². The fourth-order valence-corrected chi connectivity index (χ4v) is 5.53. The number of alkyl halides is 3. The third-order valence-electron chi connectivity index (χ3n) is 8.13. The van der Waals surface area contributed by atoms with Crippen LogP contribution in [0.3, 0.4) is 0 Å². The van der Waals surface area contributed by atoms with Gasteiger partial charge in [-0.15, -0.1) is 0 Å². The third-order valence-corrected chi connectivity index (χ3v) is 8.13. The second kappa shape index (κ2) is 12.2. The molecule has 1 aromatic carbocycles. The number of carbonyl (C=O) groups is 2. The number of carbonyl (C=O) groups excluding carboxylic acids is 2. The highest BCUT2D eigenvalue weighted by atomic mass is 19.4. The largest absolute Gasteiger partial charge is 0.417 e. The maximum Gasteiger partial charge on any atom is 0.417 e. The summed E-state index contributed by atoms with van der Waals surface area (Å²) in [6, 6.07) is 3.17. The number of hydrogen-bond donors (Lipinski definition) is 2. The lowest BCUT2D eigenvalue weighted by Crippen LogP contribution is -2.55. The molecular weight excluding hydrogens is 582 g/mol. The van der Waals surface area contributed by atoms with E-state index in [0.717, 1.165) is 6.20 Å². The molecule has 2 amide bonds. The van der Waals surface area contributed by atoms with Crippen molar-refractivity contribution in [2.75, 3.05) is 43.4 Å². The highest BCUT2D eigenvalue weighted by molar-refractivity contribution is 6.07. The number of halogens is 4. The molecule has 5 rings (SSSR count). The molecule has 1 fully saturated rings. The molecule has 0 bridgehead atoms. The number of benzene rings is 1. The van der Waals surface area contributed by atoms with Gasteiger partial charge in [0.25, 0.3) is 11.8 Å². The maximum absolute atomic E-state index is 15.8. The lowest BCUT2D eigenvalue weighted by molar-refractivity contribution is -0.138. The summed E-state index contributed by atoms with van der Waals surface area (Å²) < 4.78 is 57.0. The summed E-state index contributed by atoms with van der Waals surface area (Å²) in [4.78, 5) is 53.4. The molecule has 14 heteroatoms. The van der Waals surface area contributed by atoms with Crippen LogP contribution in [0.15, 0.2) is 53.9 Å². The van der Waals surface area contributed by atoms with Crippen LogP contribution >= 0.6 is 0 Å². The summed E-state index contributed by atoms with van der Waals surface area (Å²) in [6.45, 7) is 5.41. The van der Waals surface area contributed by atoms with E-state index in [0.29, 0.717) is 30.4 Å². The Morgan fingerprint density at radius 1 is 1.09 bits per heavy atom. The first kappa shape index (κ1) is 30.9. The fourth-order valence-electron chi connectivity index (χ4n) is 5.53. The number of nitrogens with one attached hydrogen (secondary N) is 2. The standard InChI is InChI=1S/C30H31F4N7O3/c1-17-15-41(16-18(2)39(17)3)26-12-23(31)20(19-4-8-40(9-5-19)29(44)25-14-35-6-7-36-25)10-24(26)38-28(43)21-13-37-27(42)11-22(21)30(32,33)34/h4,6-7,10-14,17-18H,5,8-9,15-16H2,1-3H3,(H,37,42)(H,38,43)/t17-,18+. The van der Waals surface area contributed by atoms with Crippen molar-refractivity contribution in [2.24, 2.45) is 0 Å². The molecule has 0 spiro atoms. The summed E-state index contributed by atoms with van der Waals surface area (Å²) in [6.07, 6.45) is 1.98. The van der Waals surface area contributed by atoms with E-state index in [1.54, 1.807) is 11.0 Å². The molecule has 3 aromatic rings. The lowest BCUT2D eigenvalue weighted by Gasteiger charge is -2.44. The minimum absolute atomic E-state index is 0.0694. The first-order valence-corrected chi connectivity index (χ1v) is 14.0. The molecule has 0 unspecified atom stereocenters. The van der Waals surface area contributed by atoms with E-state index in [2.05, 4.69) is 25.2 Å². The van der Waals surface area contributed by atoms with E-state index in [9.17, 15) is 27.6 Å². The first-order valence-electron chi connectivity index (χ1n) is 14.0. The molecule has 0 radical (unpaired) electrons. The molecule has 1 saturated heterocycles. The Kier molecular flexibility index (Phi) is 8.55. The molecule has 0 saturated carbocycles. The topological polar surface area (TPSA) is 115 Å². The van der Waals surface area contributed by atoms with Gasteiger partial charge in [-0.25, -0.2) is 9.37 Å². The Labute approximate surface area is 250 Å². The minimum atomic E-state index is -4.96. The number of aromatic nitrogens is 3. The normalized spacial score (nSPS) is 19.5. The minimum Gasteiger partial charge on any atom is -0.367 e. The Balaban J connectivity index is 1.51. The van der Waals surface area contributed by atoms with Crippen LogP contribution in [0.2, 0.25) is 0 Å². The quantitative estimate of drug-likeness (QED) is 0.418. The SMILES string of the molecule is C[C@@H]1CN(c2cc(F)c(C3=CCN(C(=O)c4cnccn4)CC3)cc2NC(=O)c2c[nH]c(=O)cc2C(F)(F)F)C[C@H](C)N1C. The summed E-state index contributed by atoms with van der Waals surface area (Å²) in [7, 11) is 1.97. The van der Waals surface area contributed by atoms with E-state index < -0.39 is 34.6 Å². The average molecular weight is 614 g/mol. The molecule has 232 valence electrons. The second-order valence-electron chi connectivity index (χ2n) is 11.0. The number of aromatic amines is 1. The average Bonchev–Trinajstić information content (AvgIpc) is 3.00. The van der Waals surface area contributed by atoms with Crippen LogP contribution in [0.1, 0.15) is 52.2 Å². The van der Waals surface area contributed by atoms with Crippen LogP contribution in [-0.2, 0) is 6.18 Å². The van der Waals surface area contributed by atoms with E-state index in [-0.39, 0.29) is 54.4 Å². The Morgan fingerprint density at radius 3 is 2.43 bits per heavy atom. The van der Waals surface area contributed by atoms with Crippen LogP contribution in [0.25, 0.3) is 5.57 Å². The van der Waals surface area contributed by atoms with Gasteiger partial charge in [-0.2, -0.15) is 13.2 Å². The molecule has 0 aliphatic carbocycles. The van der Waals surface area contributed by atoms with Gasteiger partial charge in [0.2, 0.25) is 5.56 Å². The summed E-state index contributed by atoms with van der Waals surface area (Å²) >= 11 is 0. The van der Waals surface area contributed by atoms with Crippen molar-refractivity contribution < 1.29 is 27.2 Å². The maximum atomic E-state index is 15.8. The van der Waals surface area contributed by atoms with Gasteiger partial charge in [-0.1, -0.05) is 6.08 Å². The van der Waals surface area contributed by atoms with Crippen molar-refractivity contribution in [1.82, 2.24) is 24.8 Å². The number of piperazine rings is 1. The molecule has 2 atom stereocenters. The number of nitrogens with zero attached hydrogens (tertiary/aromatic N) is 5. The van der Waals surface area contributed by atoms with Crippen LogP contribution in [-0.4, -0.2) is 81.9 Å². The smallest absolute Gasteiger partial charge is 0.367 e. The van der Waals surface area contributed by atoms with Crippen LogP contribution < -0.4 is 15.8 Å². The van der Waals surface area contributed by atoms with Gasteiger partial charge in [0.1, 0.15) is 11.5 Å². The van der Waals surface area contributed by atoms with E-state index >= 15 is 4.39 Å². The van der Waals surface area contributed by atoms with Crippen molar-refractivity contribution in [3.05, 3.63) is 87.6 Å². The van der Waals surface area contributed by atoms with Crippen LogP contribution in [0.4, 0.5) is 28.9 Å². The van der Waals surface area contributed by atoms with Gasteiger partial charge >= 0.3 is 6.18 Å². The van der Waals surface area contributed by atoms with Crippen LogP contribution in [0, 0.1) is 5.82 Å². The molecule has 2 N–H and O–H groups in total. The number of pyridine rings is 1. The zero-order valence-corrected chi connectivity index (χ0v) is 24.3. The van der Waals surface area contributed by atoms with Gasteiger partial charge in [-0.3, -0.25) is 24.3 Å². The molecule has 44 heavy (non-hydrogen) atoms. The summed E-state index contributed by atoms with van der Waals surface area (Å²) in [5, 5.41) is 2.56. The number of H-pyrrole nitrogens is 1. The van der Waals surface area contributed by atoms with Gasteiger partial charge in [-0.05, 0) is 45.0 Å². The summed E-state index contributed by atoms with van der Waals surface area (Å²) in [5.74, 6) is -2.00. The Bertz CT molecular complexity index is 1650. The van der Waals surface area contributed by atoms with E-state index in [1.807, 2.05) is 25.8 Å².